The minimum Gasteiger partial charge on any atom is -0.442 e. The van der Waals surface area contributed by atoms with E-state index in [1.165, 1.54) is 31.2 Å². The fraction of sp³-hybridized carbons (Fsp3) is 0.0508. The standard InChI is InChI=1S/C15H12ClN5O2.C15H9ClN4O.C8H4Cl2N2O.C8H5ClN2O.C6H4ClNO.C6H5N3.CH4/c16-10-2-4-11(19-7-10)13-8-20-14(23-13)5-9-1-3-12(18-6-9)15(17)21-22;16-11-2-4-13(19-8-11)14-9-20-15(21-14)5-10-1-3-12(6-17)18-7-10;9-5-1-2-6(11-3-5)7-4-12-8(10)13-7;9-6-1-2-7(11-3-6)8-4-10-5-12-8;7-5-1-2-6(4-9)8-3-5;7-3-6-2-1-5(8)4-9-6;/h1-4,6-8,22H,5H2,(H2,17,21);1-4,7-9H,5H2;1-4H;1-5H;1-4H;1-2,4H,8H2;1H4. The maximum Gasteiger partial charge on any atom is 0.292 e. The molecule has 0 amide bonds. The number of nitriles is 2. The van der Waals surface area contributed by atoms with Gasteiger partial charge in [0.1, 0.15) is 57.7 Å². The molecule has 5 N–H and O–H groups in total. The Bertz CT molecular complexity index is 4170. The average Bonchev–Trinajstić information content (AvgIpc) is 4.59. The molecule has 0 aromatic carbocycles. The molecule has 0 saturated carbocycles. The molecule has 12 rings (SSSR count). The zero-order valence-electron chi connectivity index (χ0n) is 44.4. The monoisotopic (exact) mass is 1300 g/mol. The smallest absolute Gasteiger partial charge is 0.292 e. The second kappa shape index (κ2) is 34.5. The molecule has 0 bridgehead atoms. The second-order valence-electron chi connectivity index (χ2n) is 16.7. The summed E-state index contributed by atoms with van der Waals surface area (Å²) < 4.78 is 21.4. The lowest BCUT2D eigenvalue weighted by Crippen LogP contribution is -2.14. The van der Waals surface area contributed by atoms with E-state index in [1.54, 1.807) is 135 Å². The molecule has 12 aromatic heterocycles. The lowest BCUT2D eigenvalue weighted by Gasteiger charge is -2.00. The quantitative estimate of drug-likeness (QED) is 0.0376. The normalized spacial score (nSPS) is 10.2. The van der Waals surface area contributed by atoms with Gasteiger partial charge in [0.25, 0.3) is 5.35 Å². The van der Waals surface area contributed by atoms with Gasteiger partial charge in [0, 0.05) is 43.4 Å². The molecule has 29 heteroatoms. The Morgan fingerprint density at radius 2 is 0.932 bits per heavy atom. The van der Waals surface area contributed by atoms with E-state index in [0.29, 0.717) is 125 Å². The highest BCUT2D eigenvalue weighted by Crippen LogP contribution is 2.24. The third-order valence-corrected chi connectivity index (χ3v) is 11.8. The molecule has 0 unspecified atom stereocenters. The molecule has 0 saturated heterocycles. The van der Waals surface area contributed by atoms with Crippen molar-refractivity contribution in [1.29, 1.82) is 10.5 Å². The number of nitrogens with zero attached hydrogens (tertiary/aromatic N) is 15. The van der Waals surface area contributed by atoms with Gasteiger partial charge < -0.3 is 34.3 Å². The Kier molecular flexibility index (Phi) is 26.1. The highest BCUT2D eigenvalue weighted by atomic mass is 35.5. The average molecular weight is 1300 g/mol. The van der Waals surface area contributed by atoms with Gasteiger partial charge in [-0.15, -0.1) is 0 Å². The maximum absolute atomic E-state index is 10.0. The molecule has 0 radical (unpaired) electrons. The number of halogens is 6. The van der Waals surface area contributed by atoms with Crippen LogP contribution in [0.3, 0.4) is 0 Å². The van der Waals surface area contributed by atoms with Gasteiger partial charge in [-0.25, -0.2) is 29.9 Å². The number of pyridine rings is 8. The summed E-state index contributed by atoms with van der Waals surface area (Å²) in [6.45, 7) is 0. The van der Waals surface area contributed by atoms with Crippen LogP contribution < -0.4 is 11.5 Å². The lowest BCUT2D eigenvalue weighted by atomic mass is 10.2. The van der Waals surface area contributed by atoms with Crippen molar-refractivity contribution < 1.29 is 27.7 Å². The summed E-state index contributed by atoms with van der Waals surface area (Å²) in [4.78, 5) is 58.0. The SMILES string of the molecule is C.Clc1ccc(-c2cnc(Cl)o2)nc1.Clc1ccc(-c2cnco2)nc1.N#Cc1ccc(Cc2ncc(-c3ccc(Cl)cn3)o2)cn1.N#Cc1ccc(N)cn1.N/C(=N\O)c1ccc(Cc2ncc(-c3ccc(Cl)cn3)o2)cn1.O=Cc1ccc(Cl)cn1. The first-order chi connectivity index (χ1) is 42.2. The van der Waals surface area contributed by atoms with Gasteiger partial charge in [0.2, 0.25) is 0 Å². The van der Waals surface area contributed by atoms with Crippen LogP contribution in [0.25, 0.3) is 45.8 Å². The first-order valence-corrected chi connectivity index (χ1v) is 26.8. The van der Waals surface area contributed by atoms with E-state index in [4.69, 9.17) is 114 Å². The number of anilines is 1. The molecule has 0 aliphatic heterocycles. The predicted octanol–water partition coefficient (Wildman–Crippen LogP) is 13.9. The first kappa shape index (κ1) is 66.6. The van der Waals surface area contributed by atoms with E-state index in [9.17, 15) is 4.79 Å². The number of carbonyl (C=O) groups is 1. The fourth-order valence-corrected chi connectivity index (χ4v) is 7.12. The molecular weight excluding hydrogens is 1260 g/mol. The largest absolute Gasteiger partial charge is 0.442 e. The van der Waals surface area contributed by atoms with E-state index in [2.05, 4.69) is 65.0 Å². The van der Waals surface area contributed by atoms with Gasteiger partial charge in [-0.2, -0.15) is 10.5 Å². The molecule has 0 aliphatic rings. The molecule has 23 nitrogen and oxygen atoms in total. The van der Waals surface area contributed by atoms with Crippen LogP contribution in [0, 0.1) is 22.7 Å². The number of nitrogen functional groups attached to an aromatic ring is 1. The molecule has 0 spiro atoms. The van der Waals surface area contributed by atoms with Crippen LogP contribution in [0.4, 0.5) is 5.69 Å². The number of amidine groups is 1. The van der Waals surface area contributed by atoms with Crippen molar-refractivity contribution in [2.45, 2.75) is 20.3 Å². The van der Waals surface area contributed by atoms with Crippen LogP contribution >= 0.6 is 69.6 Å². The number of aldehydes is 1. The van der Waals surface area contributed by atoms with E-state index in [-0.39, 0.29) is 18.6 Å². The van der Waals surface area contributed by atoms with Crippen molar-refractivity contribution in [3.63, 3.8) is 0 Å². The Hall–Kier alpha value is -10.5. The number of oxazole rings is 4. The van der Waals surface area contributed by atoms with E-state index >= 15 is 0 Å². The zero-order valence-corrected chi connectivity index (χ0v) is 48.9. The third kappa shape index (κ3) is 21.5. The minimum absolute atomic E-state index is 0. The highest BCUT2D eigenvalue weighted by Gasteiger charge is 2.12. The fourth-order valence-electron chi connectivity index (χ4n) is 6.43. The topological polar surface area (TPSA) is 357 Å². The molecule has 0 aliphatic carbocycles. The number of hydrogen-bond acceptors (Lipinski definition) is 22. The number of carbonyl (C=O) groups excluding carboxylic acids is 1. The number of nitrogens with two attached hydrogens (primary N) is 2. The summed E-state index contributed by atoms with van der Waals surface area (Å²) in [7, 11) is 0. The molecule has 12 heterocycles. The van der Waals surface area contributed by atoms with E-state index < -0.39 is 0 Å². The van der Waals surface area contributed by atoms with Crippen molar-refractivity contribution >= 4 is 87.4 Å². The number of hydrogen-bond donors (Lipinski definition) is 3. The van der Waals surface area contributed by atoms with Crippen LogP contribution in [-0.4, -0.2) is 77.1 Å². The summed E-state index contributed by atoms with van der Waals surface area (Å²) in [6, 6.07) is 31.3. The lowest BCUT2D eigenvalue weighted by molar-refractivity contribution is 0.111. The summed E-state index contributed by atoms with van der Waals surface area (Å²) in [5.74, 6) is 3.39. The second-order valence-corrected chi connectivity index (χ2v) is 19.2. The van der Waals surface area contributed by atoms with Gasteiger partial charge in [-0.05, 0) is 108 Å². The van der Waals surface area contributed by atoms with Gasteiger partial charge in [0.05, 0.1) is 74.6 Å². The van der Waals surface area contributed by atoms with Crippen LogP contribution in [-0.2, 0) is 12.8 Å². The van der Waals surface area contributed by atoms with Crippen molar-refractivity contribution in [3.8, 4) is 58.0 Å². The summed E-state index contributed by atoms with van der Waals surface area (Å²) in [6.07, 6.45) is 21.8. The van der Waals surface area contributed by atoms with Gasteiger partial charge in [0.15, 0.2) is 53.3 Å². The minimum atomic E-state index is -0.0382. The Morgan fingerprint density at radius 3 is 1.28 bits per heavy atom. The summed E-state index contributed by atoms with van der Waals surface area (Å²) >= 11 is 33.9. The molecular formula is C59H43Cl6N17O6. The molecule has 0 atom stereocenters. The summed E-state index contributed by atoms with van der Waals surface area (Å²) in [5, 5.41) is 31.5. The van der Waals surface area contributed by atoms with Crippen LogP contribution in [0.1, 0.15) is 57.9 Å². The van der Waals surface area contributed by atoms with E-state index in [0.717, 1.165) is 16.8 Å². The van der Waals surface area contributed by atoms with Gasteiger partial charge in [-0.1, -0.05) is 82.7 Å². The maximum atomic E-state index is 10.0. The molecule has 88 heavy (non-hydrogen) atoms. The Labute approximate surface area is 531 Å². The Balaban J connectivity index is 0.000000175. The molecule has 0 fully saturated rings. The summed E-state index contributed by atoms with van der Waals surface area (Å²) in [5.41, 5.74) is 17.5. The highest BCUT2D eigenvalue weighted by molar-refractivity contribution is 6.31. The van der Waals surface area contributed by atoms with Crippen molar-refractivity contribution in [1.82, 2.24) is 59.8 Å². The molecule has 12 aromatic rings. The van der Waals surface area contributed by atoms with Crippen LogP contribution in [0.5, 0.6) is 0 Å². The Morgan fingerprint density at radius 1 is 0.489 bits per heavy atom. The van der Waals surface area contributed by atoms with Gasteiger partial charge in [-0.3, -0.25) is 34.7 Å². The predicted molar refractivity (Wildman–Crippen MR) is 330 cm³/mol. The third-order valence-electron chi connectivity index (χ3n) is 10.6. The van der Waals surface area contributed by atoms with Crippen LogP contribution in [0.15, 0.2) is 201 Å². The molecule has 442 valence electrons. The number of oxime groups is 1. The van der Waals surface area contributed by atoms with Crippen molar-refractivity contribution in [2.75, 3.05) is 5.73 Å². The zero-order chi connectivity index (χ0) is 61.9. The number of aromatic nitrogens is 12. The van der Waals surface area contributed by atoms with Crippen LogP contribution in [0.2, 0.25) is 30.5 Å². The van der Waals surface area contributed by atoms with Gasteiger partial charge >= 0.3 is 0 Å². The number of rotatable bonds is 10. The van der Waals surface area contributed by atoms with E-state index in [1.807, 2.05) is 24.3 Å². The van der Waals surface area contributed by atoms with Crippen molar-refractivity contribution in [2.24, 2.45) is 10.9 Å². The van der Waals surface area contributed by atoms with Crippen molar-refractivity contribution in [3.05, 3.63) is 254 Å². The first-order valence-electron chi connectivity index (χ1n) is 24.5.